The van der Waals surface area contributed by atoms with Crippen LogP contribution in [0, 0.1) is 4.77 Å². The molecule has 32 heavy (non-hydrogen) atoms. The van der Waals surface area contributed by atoms with E-state index in [1.165, 1.54) is 11.1 Å². The molecule has 5 nitrogen and oxygen atoms in total. The highest BCUT2D eigenvalue weighted by Crippen LogP contribution is 2.22. The summed E-state index contributed by atoms with van der Waals surface area (Å²) >= 11 is 12.0. The first-order chi connectivity index (χ1) is 15.5. The van der Waals surface area contributed by atoms with Gasteiger partial charge in [-0.2, -0.15) is 5.10 Å². The zero-order valence-corrected chi connectivity index (χ0v) is 19.7. The summed E-state index contributed by atoms with van der Waals surface area (Å²) in [7, 11) is 3.73. The zero-order valence-electron chi connectivity index (χ0n) is 18.1. The first-order valence-corrected chi connectivity index (χ1v) is 11.1. The second-order valence-electron chi connectivity index (χ2n) is 7.69. The minimum atomic E-state index is 0.577. The van der Waals surface area contributed by atoms with Crippen LogP contribution in [-0.4, -0.2) is 33.4 Å². The third-order valence-corrected chi connectivity index (χ3v) is 5.88. The van der Waals surface area contributed by atoms with Crippen LogP contribution in [0.5, 0.6) is 5.75 Å². The van der Waals surface area contributed by atoms with Gasteiger partial charge in [0.15, 0.2) is 10.6 Å². The molecule has 0 bridgehead atoms. The molecule has 0 aliphatic rings. The van der Waals surface area contributed by atoms with Crippen molar-refractivity contribution in [2.45, 2.75) is 19.8 Å². The summed E-state index contributed by atoms with van der Waals surface area (Å²) in [6, 6.07) is 26.1. The van der Waals surface area contributed by atoms with Crippen LogP contribution in [0.25, 0.3) is 11.4 Å². The fourth-order valence-electron chi connectivity index (χ4n) is 3.58. The van der Waals surface area contributed by atoms with E-state index in [2.05, 4.69) is 40.8 Å². The van der Waals surface area contributed by atoms with E-state index in [9.17, 15) is 0 Å². The third kappa shape index (κ3) is 5.27. The van der Waals surface area contributed by atoms with Gasteiger partial charge in [-0.05, 0) is 66.8 Å². The van der Waals surface area contributed by atoms with Gasteiger partial charge in [0.05, 0.1) is 20.3 Å². The first kappa shape index (κ1) is 22.3. The number of ether oxygens (including phenoxy) is 1. The average molecular weight is 465 g/mol. The predicted octanol–water partition coefficient (Wildman–Crippen LogP) is 5.88. The lowest BCUT2D eigenvalue weighted by atomic mass is 10.2. The van der Waals surface area contributed by atoms with Gasteiger partial charge in [-0.3, -0.25) is 9.47 Å². The van der Waals surface area contributed by atoms with Crippen molar-refractivity contribution in [3.05, 3.63) is 99.8 Å². The summed E-state index contributed by atoms with van der Waals surface area (Å²) in [5.74, 6) is 1.68. The van der Waals surface area contributed by atoms with Crippen molar-refractivity contribution in [1.29, 1.82) is 0 Å². The summed E-state index contributed by atoms with van der Waals surface area (Å²) in [5, 5.41) is 5.58. The predicted molar refractivity (Wildman–Crippen MR) is 132 cm³/mol. The quantitative estimate of drug-likeness (QED) is 0.305. The fourth-order valence-corrected chi connectivity index (χ4v) is 3.95. The highest BCUT2D eigenvalue weighted by atomic mass is 35.5. The molecule has 0 radical (unpaired) electrons. The third-order valence-electron chi connectivity index (χ3n) is 5.20. The summed E-state index contributed by atoms with van der Waals surface area (Å²) in [4.78, 5) is 2.18. The van der Waals surface area contributed by atoms with Crippen LogP contribution in [0.3, 0.4) is 0 Å². The number of rotatable bonds is 8. The molecule has 0 spiro atoms. The van der Waals surface area contributed by atoms with Crippen molar-refractivity contribution in [3.8, 4) is 17.1 Å². The van der Waals surface area contributed by atoms with Crippen LogP contribution in [0.2, 0.25) is 5.02 Å². The molecule has 4 aromatic rings. The lowest BCUT2D eigenvalue weighted by molar-refractivity contribution is 0.244. The topological polar surface area (TPSA) is 35.2 Å². The number of methoxy groups -OCH3 is 1. The molecule has 0 aliphatic heterocycles. The van der Waals surface area contributed by atoms with Gasteiger partial charge >= 0.3 is 0 Å². The molecule has 1 aromatic heterocycles. The van der Waals surface area contributed by atoms with Crippen LogP contribution in [0.1, 0.15) is 11.1 Å². The molecule has 0 saturated carbocycles. The van der Waals surface area contributed by atoms with Crippen molar-refractivity contribution < 1.29 is 4.74 Å². The van der Waals surface area contributed by atoms with Crippen molar-refractivity contribution in [2.24, 2.45) is 0 Å². The molecular weight excluding hydrogens is 440 g/mol. The van der Waals surface area contributed by atoms with Gasteiger partial charge < -0.3 is 4.74 Å². The number of benzene rings is 3. The van der Waals surface area contributed by atoms with Gasteiger partial charge in [0, 0.05) is 17.1 Å². The van der Waals surface area contributed by atoms with Crippen molar-refractivity contribution in [1.82, 2.24) is 19.2 Å². The zero-order chi connectivity index (χ0) is 22.5. The Balaban J connectivity index is 1.62. The molecule has 0 fully saturated rings. The molecule has 0 N–H and O–H groups in total. The van der Waals surface area contributed by atoms with Crippen LogP contribution in [0.4, 0.5) is 0 Å². The Labute approximate surface area is 198 Å². The maximum Gasteiger partial charge on any atom is 0.199 e. The summed E-state index contributed by atoms with van der Waals surface area (Å²) in [6.45, 7) is 2.00. The van der Waals surface area contributed by atoms with Crippen LogP contribution in [0.15, 0.2) is 78.9 Å². The standard InChI is InChI=1S/C25H25ClN4OS/c1-28(16-20-8-14-23(31-2)15-9-20)18-30-25(32)29(17-19-6-4-3-5-7-19)24(27-30)21-10-12-22(26)13-11-21/h3-15H,16-18H2,1-2H3. The van der Waals surface area contributed by atoms with Gasteiger partial charge in [-0.15, -0.1) is 0 Å². The molecule has 0 unspecified atom stereocenters. The Hall–Kier alpha value is -2.93. The van der Waals surface area contributed by atoms with E-state index in [-0.39, 0.29) is 0 Å². The summed E-state index contributed by atoms with van der Waals surface area (Å²) in [6.07, 6.45) is 0. The van der Waals surface area contributed by atoms with E-state index in [4.69, 9.17) is 33.7 Å². The Kier molecular flexibility index (Phi) is 7.05. The lowest BCUT2D eigenvalue weighted by Crippen LogP contribution is -2.22. The molecule has 0 atom stereocenters. The van der Waals surface area contributed by atoms with Crippen LogP contribution >= 0.6 is 23.8 Å². The summed E-state index contributed by atoms with van der Waals surface area (Å²) in [5.41, 5.74) is 3.35. The van der Waals surface area contributed by atoms with E-state index in [0.717, 1.165) is 23.7 Å². The summed E-state index contributed by atoms with van der Waals surface area (Å²) < 4.78 is 9.89. The Morgan fingerprint density at radius 1 is 0.938 bits per heavy atom. The van der Waals surface area contributed by atoms with Gasteiger partial charge in [0.25, 0.3) is 0 Å². The lowest BCUT2D eigenvalue weighted by Gasteiger charge is -2.16. The number of halogens is 1. The van der Waals surface area contributed by atoms with Gasteiger partial charge in [-0.1, -0.05) is 54.1 Å². The highest BCUT2D eigenvalue weighted by molar-refractivity contribution is 7.71. The van der Waals surface area contributed by atoms with E-state index >= 15 is 0 Å². The Bertz CT molecular complexity index is 1220. The van der Waals surface area contributed by atoms with E-state index < -0.39 is 0 Å². The largest absolute Gasteiger partial charge is 0.497 e. The minimum Gasteiger partial charge on any atom is -0.497 e. The van der Waals surface area contributed by atoms with E-state index in [1.807, 2.05) is 59.3 Å². The number of hydrogen-bond donors (Lipinski definition) is 0. The Morgan fingerprint density at radius 3 is 2.28 bits per heavy atom. The normalized spacial score (nSPS) is 11.1. The molecule has 3 aromatic carbocycles. The first-order valence-electron chi connectivity index (χ1n) is 10.3. The second kappa shape index (κ2) is 10.1. The molecule has 0 aliphatic carbocycles. The maximum atomic E-state index is 6.10. The van der Waals surface area contributed by atoms with Gasteiger partial charge in [0.1, 0.15) is 5.75 Å². The maximum absolute atomic E-state index is 6.10. The van der Waals surface area contributed by atoms with Crippen LogP contribution in [-0.2, 0) is 19.8 Å². The van der Waals surface area contributed by atoms with Gasteiger partial charge in [-0.25, -0.2) is 4.68 Å². The minimum absolute atomic E-state index is 0.577. The van der Waals surface area contributed by atoms with Crippen LogP contribution < -0.4 is 4.74 Å². The number of hydrogen-bond acceptors (Lipinski definition) is 4. The SMILES string of the molecule is COc1ccc(CN(C)Cn2nc(-c3ccc(Cl)cc3)n(Cc3ccccc3)c2=S)cc1. The monoisotopic (exact) mass is 464 g/mol. The van der Waals surface area contributed by atoms with E-state index in [1.54, 1.807) is 7.11 Å². The number of nitrogens with zero attached hydrogens (tertiary/aromatic N) is 4. The molecular formula is C25H25ClN4OS. The molecule has 164 valence electrons. The second-order valence-corrected chi connectivity index (χ2v) is 8.49. The smallest absolute Gasteiger partial charge is 0.199 e. The highest BCUT2D eigenvalue weighted by Gasteiger charge is 2.15. The number of aromatic nitrogens is 3. The van der Waals surface area contributed by atoms with Crippen molar-refractivity contribution >= 4 is 23.8 Å². The van der Waals surface area contributed by atoms with Crippen molar-refractivity contribution in [2.75, 3.05) is 14.2 Å². The fraction of sp³-hybridized carbons (Fsp3) is 0.200. The average Bonchev–Trinajstić information content (AvgIpc) is 3.10. The Morgan fingerprint density at radius 2 is 1.62 bits per heavy atom. The molecule has 7 heteroatoms. The molecule has 0 amide bonds. The molecule has 1 heterocycles. The molecule has 0 saturated heterocycles. The van der Waals surface area contributed by atoms with Crippen molar-refractivity contribution in [3.63, 3.8) is 0 Å². The van der Waals surface area contributed by atoms with Gasteiger partial charge in [0.2, 0.25) is 0 Å². The van der Waals surface area contributed by atoms with E-state index in [0.29, 0.717) is 23.0 Å². The molecule has 4 rings (SSSR count).